The van der Waals surface area contributed by atoms with Gasteiger partial charge in [-0.2, -0.15) is 0 Å². The molecular formula is C10H21N3. The summed E-state index contributed by atoms with van der Waals surface area (Å²) in [5.41, 5.74) is 0. The van der Waals surface area contributed by atoms with E-state index in [0.29, 0.717) is 0 Å². The molecule has 3 heteroatoms. The molecule has 2 saturated heterocycles. The highest BCUT2D eigenvalue weighted by Gasteiger charge is 2.25. The van der Waals surface area contributed by atoms with Gasteiger partial charge in [0.25, 0.3) is 0 Å². The quantitative estimate of drug-likeness (QED) is 0.625. The van der Waals surface area contributed by atoms with Gasteiger partial charge in [-0.15, -0.1) is 0 Å². The Morgan fingerprint density at radius 2 is 2.00 bits per heavy atom. The van der Waals surface area contributed by atoms with Gasteiger partial charge in [0.2, 0.25) is 0 Å². The fraction of sp³-hybridized carbons (Fsp3) is 1.00. The van der Waals surface area contributed by atoms with Crippen LogP contribution in [0.2, 0.25) is 0 Å². The minimum atomic E-state index is 0.731. The van der Waals surface area contributed by atoms with Crippen LogP contribution in [0, 0.1) is 5.92 Å². The molecular weight excluding hydrogens is 162 g/mol. The molecule has 0 amide bonds. The Bertz CT molecular complexity index is 154. The molecule has 0 aromatic carbocycles. The van der Waals surface area contributed by atoms with Crippen LogP contribution < -0.4 is 10.6 Å². The van der Waals surface area contributed by atoms with Crippen LogP contribution in [0.5, 0.6) is 0 Å². The standard InChI is InChI=1S/C10H21N3/c1-9-10(2-3-12-9)8-13-6-4-11-5-7-13/h9-12H,2-8H2,1H3. The zero-order chi connectivity index (χ0) is 9.10. The normalized spacial score (nSPS) is 36.7. The van der Waals surface area contributed by atoms with Crippen molar-refractivity contribution in [3.63, 3.8) is 0 Å². The maximum Gasteiger partial charge on any atom is 0.0107 e. The van der Waals surface area contributed by atoms with Gasteiger partial charge >= 0.3 is 0 Å². The molecule has 3 nitrogen and oxygen atoms in total. The lowest BCUT2D eigenvalue weighted by atomic mass is 10.0. The minimum absolute atomic E-state index is 0.731. The van der Waals surface area contributed by atoms with Crippen molar-refractivity contribution in [1.29, 1.82) is 0 Å². The Morgan fingerprint density at radius 3 is 2.62 bits per heavy atom. The summed E-state index contributed by atoms with van der Waals surface area (Å²) in [7, 11) is 0. The molecule has 2 aliphatic heterocycles. The first-order valence-electron chi connectivity index (χ1n) is 5.53. The third kappa shape index (κ3) is 2.42. The van der Waals surface area contributed by atoms with Gasteiger partial charge < -0.3 is 15.5 Å². The van der Waals surface area contributed by atoms with E-state index in [1.807, 2.05) is 0 Å². The molecule has 0 bridgehead atoms. The van der Waals surface area contributed by atoms with Gasteiger partial charge in [0.05, 0.1) is 0 Å². The van der Waals surface area contributed by atoms with E-state index in [9.17, 15) is 0 Å². The largest absolute Gasteiger partial charge is 0.314 e. The number of hydrogen-bond acceptors (Lipinski definition) is 3. The predicted octanol–water partition coefficient (Wildman–Crippen LogP) is -0.110. The van der Waals surface area contributed by atoms with Crippen molar-refractivity contribution in [2.45, 2.75) is 19.4 Å². The summed E-state index contributed by atoms with van der Waals surface area (Å²) in [6, 6.07) is 0.731. The van der Waals surface area contributed by atoms with Gasteiger partial charge in [0.15, 0.2) is 0 Å². The molecule has 2 N–H and O–H groups in total. The van der Waals surface area contributed by atoms with Crippen LogP contribution in [0.4, 0.5) is 0 Å². The lowest BCUT2D eigenvalue weighted by Crippen LogP contribution is -2.46. The van der Waals surface area contributed by atoms with E-state index >= 15 is 0 Å². The van der Waals surface area contributed by atoms with Crippen molar-refractivity contribution < 1.29 is 0 Å². The second kappa shape index (κ2) is 4.40. The van der Waals surface area contributed by atoms with E-state index in [4.69, 9.17) is 0 Å². The van der Waals surface area contributed by atoms with E-state index in [1.165, 1.54) is 45.7 Å². The van der Waals surface area contributed by atoms with Crippen LogP contribution in [0.3, 0.4) is 0 Å². The molecule has 0 aliphatic carbocycles. The van der Waals surface area contributed by atoms with Crippen molar-refractivity contribution in [2.24, 2.45) is 5.92 Å². The summed E-state index contributed by atoms with van der Waals surface area (Å²) < 4.78 is 0. The first-order chi connectivity index (χ1) is 6.36. The molecule has 0 radical (unpaired) electrons. The monoisotopic (exact) mass is 183 g/mol. The fourth-order valence-electron chi connectivity index (χ4n) is 2.39. The zero-order valence-electron chi connectivity index (χ0n) is 8.55. The average molecular weight is 183 g/mol. The Labute approximate surface area is 80.9 Å². The van der Waals surface area contributed by atoms with Gasteiger partial charge in [0, 0.05) is 38.8 Å². The number of hydrogen-bond donors (Lipinski definition) is 2. The molecule has 0 aromatic rings. The molecule has 2 heterocycles. The highest BCUT2D eigenvalue weighted by molar-refractivity contribution is 4.83. The summed E-state index contributed by atoms with van der Waals surface area (Å²) >= 11 is 0. The van der Waals surface area contributed by atoms with Crippen molar-refractivity contribution in [2.75, 3.05) is 39.3 Å². The Kier molecular flexibility index (Phi) is 3.19. The maximum absolute atomic E-state index is 3.52. The summed E-state index contributed by atoms with van der Waals surface area (Å²) in [4.78, 5) is 2.60. The number of piperazine rings is 1. The topological polar surface area (TPSA) is 27.3 Å². The van der Waals surface area contributed by atoms with Crippen molar-refractivity contribution in [3.05, 3.63) is 0 Å². The second-order valence-corrected chi connectivity index (χ2v) is 4.34. The summed E-state index contributed by atoms with van der Waals surface area (Å²) in [6.07, 6.45) is 1.37. The minimum Gasteiger partial charge on any atom is -0.314 e. The average Bonchev–Trinajstić information content (AvgIpc) is 2.54. The molecule has 0 saturated carbocycles. The lowest BCUT2D eigenvalue weighted by molar-refractivity contribution is 0.200. The van der Waals surface area contributed by atoms with Gasteiger partial charge in [-0.05, 0) is 25.8 Å². The summed E-state index contributed by atoms with van der Waals surface area (Å²) in [6.45, 7) is 9.67. The van der Waals surface area contributed by atoms with E-state index in [0.717, 1.165) is 12.0 Å². The highest BCUT2D eigenvalue weighted by atomic mass is 15.2. The number of nitrogens with one attached hydrogen (secondary N) is 2. The molecule has 2 atom stereocenters. The zero-order valence-corrected chi connectivity index (χ0v) is 8.55. The third-order valence-electron chi connectivity index (χ3n) is 3.39. The number of rotatable bonds is 2. The highest BCUT2D eigenvalue weighted by Crippen LogP contribution is 2.16. The Hall–Kier alpha value is -0.120. The van der Waals surface area contributed by atoms with Gasteiger partial charge in [-0.1, -0.05) is 0 Å². The van der Waals surface area contributed by atoms with Crippen LogP contribution in [0.15, 0.2) is 0 Å². The van der Waals surface area contributed by atoms with Gasteiger partial charge in [-0.3, -0.25) is 0 Å². The smallest absolute Gasteiger partial charge is 0.0107 e. The lowest BCUT2D eigenvalue weighted by Gasteiger charge is -2.30. The van der Waals surface area contributed by atoms with Crippen LogP contribution in [0.1, 0.15) is 13.3 Å². The molecule has 13 heavy (non-hydrogen) atoms. The summed E-state index contributed by atoms with van der Waals surface area (Å²) in [5.74, 6) is 0.887. The maximum atomic E-state index is 3.52. The first kappa shape index (κ1) is 9.44. The SMILES string of the molecule is CC1NCCC1CN1CCNCC1. The third-order valence-corrected chi connectivity index (χ3v) is 3.39. The van der Waals surface area contributed by atoms with Crippen LogP contribution >= 0.6 is 0 Å². The predicted molar refractivity (Wildman–Crippen MR) is 54.9 cm³/mol. The van der Waals surface area contributed by atoms with Crippen molar-refractivity contribution >= 4 is 0 Å². The first-order valence-corrected chi connectivity index (χ1v) is 5.53. The van der Waals surface area contributed by atoms with Gasteiger partial charge in [-0.25, -0.2) is 0 Å². The Morgan fingerprint density at radius 1 is 1.23 bits per heavy atom. The Balaban J connectivity index is 1.75. The molecule has 2 unspecified atom stereocenters. The molecule has 2 rings (SSSR count). The van der Waals surface area contributed by atoms with E-state index in [2.05, 4.69) is 22.5 Å². The van der Waals surface area contributed by atoms with E-state index in [1.54, 1.807) is 0 Å². The molecule has 76 valence electrons. The summed E-state index contributed by atoms with van der Waals surface area (Å²) in [5, 5.41) is 6.91. The van der Waals surface area contributed by atoms with Crippen LogP contribution in [-0.4, -0.2) is 50.2 Å². The van der Waals surface area contributed by atoms with E-state index < -0.39 is 0 Å². The van der Waals surface area contributed by atoms with Crippen LogP contribution in [0.25, 0.3) is 0 Å². The fourth-order valence-corrected chi connectivity index (χ4v) is 2.39. The number of nitrogens with zero attached hydrogens (tertiary/aromatic N) is 1. The molecule has 0 aromatic heterocycles. The molecule has 2 fully saturated rings. The second-order valence-electron chi connectivity index (χ2n) is 4.34. The van der Waals surface area contributed by atoms with Gasteiger partial charge in [0.1, 0.15) is 0 Å². The van der Waals surface area contributed by atoms with Crippen LogP contribution in [-0.2, 0) is 0 Å². The van der Waals surface area contributed by atoms with Crippen molar-refractivity contribution in [3.8, 4) is 0 Å². The molecule has 2 aliphatic rings. The van der Waals surface area contributed by atoms with Crippen molar-refractivity contribution in [1.82, 2.24) is 15.5 Å². The van der Waals surface area contributed by atoms with E-state index in [-0.39, 0.29) is 0 Å². The molecule has 0 spiro atoms.